The maximum atomic E-state index is 12.5. The van der Waals surface area contributed by atoms with Gasteiger partial charge in [-0.2, -0.15) is 0 Å². The fourth-order valence-electron chi connectivity index (χ4n) is 3.10. The van der Waals surface area contributed by atoms with Crippen molar-refractivity contribution in [1.82, 2.24) is 9.80 Å². The van der Waals surface area contributed by atoms with Gasteiger partial charge in [0, 0.05) is 50.9 Å². The van der Waals surface area contributed by atoms with Crippen molar-refractivity contribution < 1.29 is 19.0 Å². The number of amides is 1. The minimum atomic E-state index is -0.00357. The molecule has 6 nitrogen and oxygen atoms in total. The summed E-state index contributed by atoms with van der Waals surface area (Å²) in [6.45, 7) is 4.10. The molecule has 1 aliphatic heterocycles. The zero-order valence-electron chi connectivity index (χ0n) is 15.9. The lowest BCUT2D eigenvalue weighted by Crippen LogP contribution is -2.49. The number of hydrogen-bond donors (Lipinski definition) is 0. The van der Waals surface area contributed by atoms with Crippen LogP contribution in [0.15, 0.2) is 48.5 Å². The van der Waals surface area contributed by atoms with Crippen molar-refractivity contribution in [1.29, 1.82) is 0 Å². The van der Waals surface area contributed by atoms with E-state index in [1.807, 2.05) is 11.0 Å². The number of carbonyl (C=O) groups excluding carboxylic acids is 1. The molecule has 0 bridgehead atoms. The van der Waals surface area contributed by atoms with Crippen LogP contribution in [0.3, 0.4) is 0 Å². The highest BCUT2D eigenvalue weighted by Crippen LogP contribution is 2.27. The largest absolute Gasteiger partial charge is 0.496 e. The van der Waals surface area contributed by atoms with E-state index in [2.05, 4.69) is 29.2 Å². The Hall–Kier alpha value is -2.73. The maximum absolute atomic E-state index is 12.5. The normalized spacial score (nSPS) is 14.7. The predicted octanol–water partition coefficient (Wildman–Crippen LogP) is 2.43. The maximum Gasteiger partial charge on any atom is 0.260 e. The molecule has 2 aromatic carbocycles. The number of piperazine rings is 1. The number of carbonyl (C=O) groups is 1. The molecule has 0 saturated carbocycles. The summed E-state index contributed by atoms with van der Waals surface area (Å²) < 4.78 is 16.1. The molecule has 144 valence electrons. The van der Waals surface area contributed by atoms with Crippen LogP contribution in [-0.4, -0.2) is 62.7 Å². The van der Waals surface area contributed by atoms with E-state index in [4.69, 9.17) is 14.2 Å². The van der Waals surface area contributed by atoms with Gasteiger partial charge in [-0.3, -0.25) is 9.69 Å². The van der Waals surface area contributed by atoms with Gasteiger partial charge in [0.25, 0.3) is 5.91 Å². The van der Waals surface area contributed by atoms with Gasteiger partial charge in [0.2, 0.25) is 0 Å². The van der Waals surface area contributed by atoms with Crippen molar-refractivity contribution in [2.24, 2.45) is 0 Å². The first kappa shape index (κ1) is 19.0. The fourth-order valence-corrected chi connectivity index (χ4v) is 3.10. The molecular weight excluding hydrogens is 344 g/mol. The summed E-state index contributed by atoms with van der Waals surface area (Å²) in [7, 11) is 3.16. The van der Waals surface area contributed by atoms with Crippen molar-refractivity contribution in [3.05, 3.63) is 54.1 Å². The minimum Gasteiger partial charge on any atom is -0.496 e. The Balaban J connectivity index is 1.47. The van der Waals surface area contributed by atoms with Crippen molar-refractivity contribution in [3.63, 3.8) is 0 Å². The van der Waals surface area contributed by atoms with Crippen molar-refractivity contribution in [3.8, 4) is 17.2 Å². The molecule has 1 fully saturated rings. The van der Waals surface area contributed by atoms with Crippen molar-refractivity contribution >= 4 is 5.91 Å². The van der Waals surface area contributed by atoms with E-state index in [1.165, 1.54) is 5.56 Å². The van der Waals surface area contributed by atoms with Crippen molar-refractivity contribution in [2.45, 2.75) is 6.54 Å². The Morgan fingerprint density at radius 2 is 1.48 bits per heavy atom. The Morgan fingerprint density at radius 1 is 0.889 bits per heavy atom. The Kier molecular flexibility index (Phi) is 6.54. The molecule has 27 heavy (non-hydrogen) atoms. The first-order valence-corrected chi connectivity index (χ1v) is 9.08. The van der Waals surface area contributed by atoms with Gasteiger partial charge >= 0.3 is 0 Å². The van der Waals surface area contributed by atoms with E-state index in [0.29, 0.717) is 17.2 Å². The Labute approximate surface area is 160 Å². The molecule has 0 unspecified atom stereocenters. The number of nitrogens with zero attached hydrogens (tertiary/aromatic N) is 2. The number of rotatable bonds is 7. The molecule has 0 radical (unpaired) electrons. The van der Waals surface area contributed by atoms with Crippen LogP contribution in [0.2, 0.25) is 0 Å². The fraction of sp³-hybridized carbons (Fsp3) is 0.381. The Bertz CT molecular complexity index is 721. The van der Waals surface area contributed by atoms with E-state index in [-0.39, 0.29) is 12.5 Å². The predicted molar refractivity (Wildman–Crippen MR) is 103 cm³/mol. The highest BCUT2D eigenvalue weighted by molar-refractivity contribution is 5.78. The van der Waals surface area contributed by atoms with Crippen LogP contribution in [0.4, 0.5) is 0 Å². The van der Waals surface area contributed by atoms with Crippen molar-refractivity contribution in [2.75, 3.05) is 47.0 Å². The topological polar surface area (TPSA) is 51.2 Å². The van der Waals surface area contributed by atoms with Gasteiger partial charge < -0.3 is 19.1 Å². The molecule has 1 saturated heterocycles. The molecule has 2 aromatic rings. The van der Waals surface area contributed by atoms with Gasteiger partial charge in [0.1, 0.15) is 17.2 Å². The van der Waals surface area contributed by atoms with E-state index in [0.717, 1.165) is 32.7 Å². The summed E-state index contributed by atoms with van der Waals surface area (Å²) in [6, 6.07) is 15.7. The number of ether oxygens (including phenoxy) is 3. The average molecular weight is 370 g/mol. The number of methoxy groups -OCH3 is 2. The smallest absolute Gasteiger partial charge is 0.260 e. The van der Waals surface area contributed by atoms with Crippen LogP contribution in [0.25, 0.3) is 0 Å². The van der Waals surface area contributed by atoms with Gasteiger partial charge in [-0.25, -0.2) is 0 Å². The summed E-state index contributed by atoms with van der Waals surface area (Å²) in [4.78, 5) is 16.7. The quantitative estimate of drug-likeness (QED) is 0.749. The lowest BCUT2D eigenvalue weighted by molar-refractivity contribution is -0.135. The molecule has 0 atom stereocenters. The first-order chi connectivity index (χ1) is 13.2. The Morgan fingerprint density at radius 3 is 2.07 bits per heavy atom. The van der Waals surface area contributed by atoms with Gasteiger partial charge in [-0.05, 0) is 5.56 Å². The summed E-state index contributed by atoms with van der Waals surface area (Å²) >= 11 is 0. The highest BCUT2D eigenvalue weighted by Gasteiger charge is 2.21. The third kappa shape index (κ3) is 5.37. The zero-order valence-corrected chi connectivity index (χ0v) is 15.9. The van der Waals surface area contributed by atoms with Crippen LogP contribution in [0.5, 0.6) is 17.2 Å². The van der Waals surface area contributed by atoms with Gasteiger partial charge in [0.15, 0.2) is 6.61 Å². The molecular formula is C21H26N2O4. The van der Waals surface area contributed by atoms with E-state index in [1.54, 1.807) is 32.4 Å². The molecule has 3 rings (SSSR count). The lowest BCUT2D eigenvalue weighted by Gasteiger charge is -2.34. The molecule has 0 N–H and O–H groups in total. The summed E-state index contributed by atoms with van der Waals surface area (Å²) in [5, 5.41) is 0. The first-order valence-electron chi connectivity index (χ1n) is 9.08. The lowest BCUT2D eigenvalue weighted by atomic mass is 10.2. The van der Waals surface area contributed by atoms with Crippen LogP contribution in [0.1, 0.15) is 5.56 Å². The minimum absolute atomic E-state index is 0.00357. The molecule has 1 aliphatic rings. The number of hydrogen-bond acceptors (Lipinski definition) is 5. The van der Waals surface area contributed by atoms with Crippen LogP contribution in [-0.2, 0) is 11.3 Å². The van der Waals surface area contributed by atoms with Gasteiger partial charge in [0.05, 0.1) is 14.2 Å². The third-order valence-electron chi connectivity index (χ3n) is 4.66. The van der Waals surface area contributed by atoms with Crippen LogP contribution >= 0.6 is 0 Å². The highest BCUT2D eigenvalue weighted by atomic mass is 16.5. The molecule has 1 heterocycles. The summed E-state index contributed by atoms with van der Waals surface area (Å²) in [5.74, 6) is 1.82. The van der Waals surface area contributed by atoms with E-state index < -0.39 is 0 Å². The monoisotopic (exact) mass is 370 g/mol. The van der Waals surface area contributed by atoms with Crippen LogP contribution in [0, 0.1) is 0 Å². The standard InChI is InChI=1S/C21H26N2O4/c1-25-18-12-19(26-2)14-20(13-18)27-16-21(24)23-10-8-22(9-11-23)15-17-6-4-3-5-7-17/h3-7,12-14H,8-11,15-16H2,1-2H3. The molecule has 0 spiro atoms. The van der Waals surface area contributed by atoms with Gasteiger partial charge in [-0.1, -0.05) is 30.3 Å². The second-order valence-corrected chi connectivity index (χ2v) is 6.48. The zero-order chi connectivity index (χ0) is 19.1. The number of benzene rings is 2. The van der Waals surface area contributed by atoms with Gasteiger partial charge in [-0.15, -0.1) is 0 Å². The van der Waals surface area contributed by atoms with E-state index >= 15 is 0 Å². The third-order valence-corrected chi connectivity index (χ3v) is 4.66. The molecule has 0 aliphatic carbocycles. The molecule has 6 heteroatoms. The second kappa shape index (κ2) is 9.28. The molecule has 1 amide bonds. The average Bonchev–Trinajstić information content (AvgIpc) is 2.73. The molecule has 0 aromatic heterocycles. The SMILES string of the molecule is COc1cc(OC)cc(OCC(=O)N2CCN(Cc3ccccc3)CC2)c1. The van der Waals surface area contributed by atoms with E-state index in [9.17, 15) is 4.79 Å². The second-order valence-electron chi connectivity index (χ2n) is 6.48. The van der Waals surface area contributed by atoms with Crippen LogP contribution < -0.4 is 14.2 Å². The summed E-state index contributed by atoms with van der Waals surface area (Å²) in [6.07, 6.45) is 0. The summed E-state index contributed by atoms with van der Waals surface area (Å²) in [5.41, 5.74) is 1.30.